The van der Waals surface area contributed by atoms with Gasteiger partial charge in [-0.1, -0.05) is 29.6 Å². The van der Waals surface area contributed by atoms with Gasteiger partial charge in [0, 0.05) is 31.7 Å². The minimum absolute atomic E-state index is 0. The van der Waals surface area contributed by atoms with Gasteiger partial charge in [0.15, 0.2) is 5.13 Å². The van der Waals surface area contributed by atoms with Crippen LogP contribution >= 0.6 is 23.7 Å². The van der Waals surface area contributed by atoms with E-state index < -0.39 is 10.0 Å². The fraction of sp³-hybridized carbons (Fsp3) is 0.308. The first-order valence-corrected chi connectivity index (χ1v) is 13.5. The molecule has 0 saturated carbocycles. The SMILES string of the molecule is C=CCN(CC=C)S(=O)(=O)c1ccc(C(=O)N(CCN(C)C)c2nc3cc(C)cc(C)c3s2)cc1.Cl. The van der Waals surface area contributed by atoms with Crippen molar-refractivity contribution in [2.24, 2.45) is 0 Å². The maximum absolute atomic E-state index is 13.6. The van der Waals surface area contributed by atoms with Gasteiger partial charge in [-0.25, -0.2) is 13.4 Å². The summed E-state index contributed by atoms with van der Waals surface area (Å²) < 4.78 is 28.3. The number of carbonyl (C=O) groups excluding carboxylic acids is 1. The van der Waals surface area contributed by atoms with Crippen LogP contribution in [0.5, 0.6) is 0 Å². The fourth-order valence-electron chi connectivity index (χ4n) is 3.70. The Balaban J connectivity index is 0.00000456. The predicted octanol–water partition coefficient (Wildman–Crippen LogP) is 4.91. The normalized spacial score (nSPS) is 11.5. The highest BCUT2D eigenvalue weighted by Gasteiger charge is 2.25. The third-order valence-electron chi connectivity index (χ3n) is 5.46. The molecule has 1 amide bonds. The van der Waals surface area contributed by atoms with Gasteiger partial charge in [0.05, 0.1) is 15.1 Å². The fourth-order valence-corrected chi connectivity index (χ4v) is 6.12. The first-order valence-electron chi connectivity index (χ1n) is 11.2. The minimum Gasteiger partial charge on any atom is -0.308 e. The van der Waals surface area contributed by atoms with E-state index in [2.05, 4.69) is 19.2 Å². The number of halogens is 1. The van der Waals surface area contributed by atoms with Gasteiger partial charge in [-0.05, 0) is 69.4 Å². The van der Waals surface area contributed by atoms with E-state index in [4.69, 9.17) is 4.98 Å². The number of thiazole rings is 1. The molecule has 3 rings (SSSR count). The third-order valence-corrected chi connectivity index (χ3v) is 8.54. The maximum Gasteiger partial charge on any atom is 0.260 e. The molecule has 1 heterocycles. The van der Waals surface area contributed by atoms with Crippen molar-refractivity contribution in [2.45, 2.75) is 18.7 Å². The standard InChI is InChI=1S/C26H32N4O3S2.ClH/c1-7-13-29(14-8-2)35(32,33)22-11-9-21(10-12-22)25(31)30(16-15-28(5)6)26-27-23-18-19(3)17-20(4)24(23)34-26;/h7-12,17-18H,1-2,13-16H2,3-6H3;1H. The van der Waals surface area contributed by atoms with Crippen LogP contribution in [0.3, 0.4) is 0 Å². The van der Waals surface area contributed by atoms with Gasteiger partial charge in [-0.15, -0.1) is 25.6 Å². The zero-order valence-corrected chi connectivity index (χ0v) is 23.5. The highest BCUT2D eigenvalue weighted by atomic mass is 35.5. The lowest BCUT2D eigenvalue weighted by molar-refractivity contribution is 0.0985. The molecule has 0 bridgehead atoms. The smallest absolute Gasteiger partial charge is 0.260 e. The number of aromatic nitrogens is 1. The zero-order valence-electron chi connectivity index (χ0n) is 21.1. The second-order valence-electron chi connectivity index (χ2n) is 8.61. The lowest BCUT2D eigenvalue weighted by Crippen LogP contribution is -2.36. The molecule has 0 radical (unpaired) electrons. The molecular formula is C26H33ClN4O3S2. The average molecular weight is 549 g/mol. The summed E-state index contributed by atoms with van der Waals surface area (Å²) in [6.45, 7) is 12.8. The van der Waals surface area contributed by atoms with Crippen molar-refractivity contribution < 1.29 is 13.2 Å². The third kappa shape index (κ3) is 6.60. The van der Waals surface area contributed by atoms with Crippen molar-refractivity contribution in [1.29, 1.82) is 0 Å². The second-order valence-corrected chi connectivity index (χ2v) is 11.5. The number of hydrogen-bond donors (Lipinski definition) is 0. The molecule has 1 aromatic heterocycles. The quantitative estimate of drug-likeness (QED) is 0.318. The number of benzene rings is 2. The van der Waals surface area contributed by atoms with Crippen LogP contribution in [0.2, 0.25) is 0 Å². The molecule has 0 unspecified atom stereocenters. The van der Waals surface area contributed by atoms with Crippen LogP contribution in [0.4, 0.5) is 5.13 Å². The number of nitrogens with zero attached hydrogens (tertiary/aromatic N) is 4. The van der Waals surface area contributed by atoms with Crippen LogP contribution in [0, 0.1) is 13.8 Å². The van der Waals surface area contributed by atoms with Crippen molar-refractivity contribution in [2.75, 3.05) is 45.2 Å². The summed E-state index contributed by atoms with van der Waals surface area (Å²) in [7, 11) is 0.163. The van der Waals surface area contributed by atoms with Gasteiger partial charge in [0.25, 0.3) is 5.91 Å². The van der Waals surface area contributed by atoms with E-state index in [0.29, 0.717) is 23.8 Å². The molecule has 0 aliphatic carbocycles. The molecule has 7 nitrogen and oxygen atoms in total. The maximum atomic E-state index is 13.6. The molecule has 0 spiro atoms. The van der Waals surface area contributed by atoms with E-state index in [1.807, 2.05) is 38.9 Å². The molecule has 0 aliphatic rings. The van der Waals surface area contributed by atoms with Crippen molar-refractivity contribution in [1.82, 2.24) is 14.2 Å². The number of likely N-dealkylation sites (N-methyl/N-ethyl adjacent to an activating group) is 1. The number of hydrogen-bond acceptors (Lipinski definition) is 6. The Labute approximate surface area is 224 Å². The van der Waals surface area contributed by atoms with E-state index in [1.54, 1.807) is 17.0 Å². The van der Waals surface area contributed by atoms with Gasteiger partial charge in [-0.3, -0.25) is 9.69 Å². The number of amides is 1. The first-order chi connectivity index (χ1) is 16.6. The number of fused-ring (bicyclic) bond motifs is 1. The van der Waals surface area contributed by atoms with Crippen LogP contribution < -0.4 is 4.90 Å². The summed E-state index contributed by atoms with van der Waals surface area (Å²) in [4.78, 5) is 22.1. The number of carbonyl (C=O) groups is 1. The van der Waals surface area contributed by atoms with Crippen LogP contribution in [0.1, 0.15) is 21.5 Å². The lowest BCUT2D eigenvalue weighted by atomic mass is 10.1. The lowest BCUT2D eigenvalue weighted by Gasteiger charge is -2.22. The summed E-state index contributed by atoms with van der Waals surface area (Å²) in [5.41, 5.74) is 3.52. The topological polar surface area (TPSA) is 73.8 Å². The molecule has 3 aromatic rings. The van der Waals surface area contributed by atoms with Gasteiger partial charge in [-0.2, -0.15) is 4.31 Å². The van der Waals surface area contributed by atoms with E-state index in [-0.39, 0.29) is 36.3 Å². The van der Waals surface area contributed by atoms with Crippen LogP contribution in [-0.4, -0.2) is 68.8 Å². The first kappa shape index (κ1) is 29.7. The van der Waals surface area contributed by atoms with Crippen molar-refractivity contribution in [3.8, 4) is 0 Å². The van der Waals surface area contributed by atoms with Gasteiger partial charge < -0.3 is 4.90 Å². The van der Waals surface area contributed by atoms with E-state index in [9.17, 15) is 13.2 Å². The van der Waals surface area contributed by atoms with E-state index in [1.165, 1.54) is 39.9 Å². The van der Waals surface area contributed by atoms with Crippen LogP contribution in [-0.2, 0) is 10.0 Å². The average Bonchev–Trinajstić information content (AvgIpc) is 3.23. The minimum atomic E-state index is -3.74. The molecular weight excluding hydrogens is 516 g/mol. The Bertz CT molecular complexity index is 1330. The molecule has 2 aromatic carbocycles. The summed E-state index contributed by atoms with van der Waals surface area (Å²) in [5, 5.41) is 0.625. The number of anilines is 1. The Morgan fingerprint density at radius 1 is 1.03 bits per heavy atom. The number of sulfonamides is 1. The molecule has 0 fully saturated rings. The summed E-state index contributed by atoms with van der Waals surface area (Å²) >= 11 is 1.49. The molecule has 36 heavy (non-hydrogen) atoms. The highest BCUT2D eigenvalue weighted by Crippen LogP contribution is 2.33. The largest absolute Gasteiger partial charge is 0.308 e. The summed E-state index contributed by atoms with van der Waals surface area (Å²) in [6, 6.07) is 10.2. The monoisotopic (exact) mass is 548 g/mol. The van der Waals surface area contributed by atoms with Gasteiger partial charge in [0.2, 0.25) is 10.0 Å². The molecule has 10 heteroatoms. The van der Waals surface area contributed by atoms with Gasteiger partial charge >= 0.3 is 0 Å². The van der Waals surface area contributed by atoms with Crippen molar-refractivity contribution >= 4 is 55.0 Å². The molecule has 0 aliphatic heterocycles. The van der Waals surface area contributed by atoms with E-state index in [0.717, 1.165) is 21.3 Å². The Hall–Kier alpha value is -2.56. The number of aryl methyl sites for hydroxylation is 2. The Morgan fingerprint density at radius 3 is 2.19 bits per heavy atom. The molecule has 0 atom stereocenters. The number of rotatable bonds is 11. The Morgan fingerprint density at radius 2 is 1.64 bits per heavy atom. The van der Waals surface area contributed by atoms with Crippen LogP contribution in [0.15, 0.2) is 66.6 Å². The summed E-state index contributed by atoms with van der Waals surface area (Å²) in [6.07, 6.45) is 3.06. The zero-order chi connectivity index (χ0) is 25.8. The molecule has 194 valence electrons. The van der Waals surface area contributed by atoms with Crippen molar-refractivity contribution in [3.63, 3.8) is 0 Å². The highest BCUT2D eigenvalue weighted by molar-refractivity contribution is 7.89. The Kier molecular flexibility index (Phi) is 10.4. The molecule has 0 saturated heterocycles. The van der Waals surface area contributed by atoms with Gasteiger partial charge in [0.1, 0.15) is 0 Å². The summed E-state index contributed by atoms with van der Waals surface area (Å²) in [5.74, 6) is -0.224. The van der Waals surface area contributed by atoms with Crippen LogP contribution in [0.25, 0.3) is 10.2 Å². The molecule has 0 N–H and O–H groups in total. The second kappa shape index (κ2) is 12.6. The van der Waals surface area contributed by atoms with Crippen molar-refractivity contribution in [3.05, 3.63) is 78.4 Å². The van der Waals surface area contributed by atoms with E-state index >= 15 is 0 Å². The predicted molar refractivity (Wildman–Crippen MR) is 152 cm³/mol.